The summed E-state index contributed by atoms with van der Waals surface area (Å²) in [6.07, 6.45) is 4.12. The van der Waals surface area contributed by atoms with E-state index in [1.807, 2.05) is 30.3 Å². The summed E-state index contributed by atoms with van der Waals surface area (Å²) in [6.45, 7) is 2.15. The van der Waals surface area contributed by atoms with Gasteiger partial charge < -0.3 is 4.74 Å². The minimum atomic E-state index is -0.425. The van der Waals surface area contributed by atoms with Crippen LogP contribution >= 0.6 is 19.8 Å². The monoisotopic (exact) mass is 366 g/mol. The van der Waals surface area contributed by atoms with Crippen LogP contribution in [0.5, 0.6) is 0 Å². The maximum absolute atomic E-state index is 10.9. The molecule has 0 aliphatic heterocycles. The molecule has 0 aliphatic rings. The molecule has 2 nitrogen and oxygen atoms in total. The number of hydrogen-bond donors (Lipinski definition) is 0. The quantitative estimate of drug-likeness (QED) is 0.270. The minimum absolute atomic E-state index is 0.383. The first kappa shape index (κ1) is 14.8. The molecule has 1 aromatic rings. The number of hydrogen-bond acceptors (Lipinski definition) is 2. The van der Waals surface area contributed by atoms with E-state index in [0.29, 0.717) is 6.61 Å². The zero-order valence-corrected chi connectivity index (χ0v) is 13.7. The van der Waals surface area contributed by atoms with Crippen molar-refractivity contribution in [2.75, 3.05) is 6.61 Å². The molecule has 0 radical (unpaired) electrons. The molecule has 0 saturated carbocycles. The van der Waals surface area contributed by atoms with Gasteiger partial charge in [-0.15, -0.1) is 12.1 Å². The Balaban J connectivity index is 0.000000921. The molecule has 0 aromatic heterocycles. The molecule has 15 heavy (non-hydrogen) atoms. The van der Waals surface area contributed by atoms with E-state index in [0.717, 1.165) is 5.56 Å². The van der Waals surface area contributed by atoms with Crippen LogP contribution in [0.25, 0.3) is 6.08 Å². The predicted octanol–water partition coefficient (Wildman–Crippen LogP) is 2.95. The molecule has 0 N–H and O–H groups in total. The fraction of sp³-hybridized carbons (Fsp3) is 0.182. The van der Waals surface area contributed by atoms with Gasteiger partial charge in [-0.05, 0) is 6.92 Å². The summed E-state index contributed by atoms with van der Waals surface area (Å²) in [4.78, 5) is 10.9. The van der Waals surface area contributed by atoms with Crippen LogP contribution in [0.4, 0.5) is 0 Å². The van der Waals surface area contributed by atoms with Gasteiger partial charge in [0.15, 0.2) is 0 Å². The van der Waals surface area contributed by atoms with Crippen molar-refractivity contribution in [3.8, 4) is 0 Å². The fourth-order valence-electron chi connectivity index (χ4n) is 0.864. The molecule has 0 unspecified atom stereocenters. The zero-order chi connectivity index (χ0) is 11.5. The van der Waals surface area contributed by atoms with Gasteiger partial charge in [0, 0.05) is 0 Å². The van der Waals surface area contributed by atoms with Gasteiger partial charge in [0.25, 0.3) is 0 Å². The van der Waals surface area contributed by atoms with E-state index in [1.54, 1.807) is 13.0 Å². The van der Waals surface area contributed by atoms with Crippen LogP contribution in [0.2, 0.25) is 0 Å². The number of benzene rings is 1. The number of halogens is 1. The second-order valence-electron chi connectivity index (χ2n) is 2.42. The van der Waals surface area contributed by atoms with Crippen molar-refractivity contribution in [2.45, 2.75) is 6.92 Å². The second kappa shape index (κ2) is 10.3. The van der Waals surface area contributed by atoms with Crippen LogP contribution in [-0.2, 0) is 24.3 Å². The van der Waals surface area contributed by atoms with E-state index >= 15 is 0 Å². The first-order valence-electron chi connectivity index (χ1n) is 4.41. The Morgan fingerprint density at radius 2 is 2.07 bits per heavy atom. The Hall–Kier alpha value is -0.217. The Bertz CT molecular complexity index is 299. The summed E-state index contributed by atoms with van der Waals surface area (Å²) in [7, 11) is 0. The van der Waals surface area contributed by atoms with Gasteiger partial charge in [0.2, 0.25) is 5.97 Å². The van der Waals surface area contributed by atoms with Gasteiger partial charge in [-0.3, -0.25) is 4.79 Å². The Kier molecular flexibility index (Phi) is 10.2. The van der Waals surface area contributed by atoms with Crippen molar-refractivity contribution >= 4 is 31.8 Å². The summed E-state index contributed by atoms with van der Waals surface area (Å²) in [6, 6.07) is 9.51. The second-order valence-corrected chi connectivity index (χ2v) is 2.42. The van der Waals surface area contributed by atoms with Crippen molar-refractivity contribution in [3.63, 3.8) is 0 Å². The molecular formula is C11H11IO2Zn. The van der Waals surface area contributed by atoms with Crippen LogP contribution < -0.4 is 0 Å². The van der Waals surface area contributed by atoms with E-state index in [-0.39, 0.29) is 0 Å². The van der Waals surface area contributed by atoms with Gasteiger partial charge in [-0.2, -0.15) is 11.6 Å². The molecule has 0 spiro atoms. The molecule has 0 amide bonds. The Labute approximate surface area is 111 Å². The predicted molar refractivity (Wildman–Crippen MR) is 64.8 cm³/mol. The fourth-order valence-corrected chi connectivity index (χ4v) is 0.864. The average Bonchev–Trinajstić information content (AvgIpc) is 2.31. The molecule has 0 aliphatic carbocycles. The Morgan fingerprint density at radius 3 is 2.60 bits per heavy atom. The van der Waals surface area contributed by atoms with Crippen LogP contribution in [0.1, 0.15) is 12.5 Å². The van der Waals surface area contributed by atoms with Gasteiger partial charge >= 0.3 is 34.5 Å². The van der Waals surface area contributed by atoms with Crippen molar-refractivity contribution < 1.29 is 24.3 Å². The topological polar surface area (TPSA) is 26.3 Å². The number of rotatable bonds is 3. The van der Waals surface area contributed by atoms with Gasteiger partial charge in [-0.1, -0.05) is 18.2 Å². The molecule has 0 fully saturated rings. The summed E-state index contributed by atoms with van der Waals surface area (Å²) < 4.78 is 4.68. The summed E-state index contributed by atoms with van der Waals surface area (Å²) >= 11 is 3.62. The average molecular weight is 368 g/mol. The molecular weight excluding hydrogens is 356 g/mol. The van der Waals surface area contributed by atoms with Gasteiger partial charge in [-0.25, -0.2) is 6.08 Å². The molecule has 0 saturated heterocycles. The normalized spacial score (nSPS) is 9.33. The molecule has 1 rings (SSSR count). The van der Waals surface area contributed by atoms with E-state index in [2.05, 4.69) is 30.6 Å². The molecule has 1 aromatic carbocycles. The third-order valence-electron chi connectivity index (χ3n) is 1.43. The standard InChI is InChI=1S/C11H11O2.HI.Zn/c1-2-13-11(12)9-8-10-6-4-3-5-7-10;;/h3-8H,2H2,1H3;1H;/q-1;;+2/p-1. The van der Waals surface area contributed by atoms with Crippen molar-refractivity contribution in [2.24, 2.45) is 0 Å². The van der Waals surface area contributed by atoms with E-state index in [9.17, 15) is 4.79 Å². The van der Waals surface area contributed by atoms with Crippen LogP contribution in [0.15, 0.2) is 30.3 Å². The van der Waals surface area contributed by atoms with E-state index in [1.165, 1.54) is 14.8 Å². The zero-order valence-electron chi connectivity index (χ0n) is 8.57. The summed E-state index contributed by atoms with van der Waals surface area (Å²) in [5.41, 5.74) is 0.940. The molecule has 0 atom stereocenters. The van der Waals surface area contributed by atoms with Crippen LogP contribution in [0, 0.1) is 6.08 Å². The summed E-state index contributed by atoms with van der Waals surface area (Å²) in [5.74, 6) is -0.425. The van der Waals surface area contributed by atoms with Gasteiger partial charge in [0.05, 0.1) is 6.61 Å². The van der Waals surface area contributed by atoms with Crippen LogP contribution in [0.3, 0.4) is 0 Å². The van der Waals surface area contributed by atoms with Crippen molar-refractivity contribution in [1.29, 1.82) is 0 Å². The third kappa shape index (κ3) is 7.68. The number of ether oxygens (including phenoxy) is 1. The van der Waals surface area contributed by atoms with Gasteiger partial charge in [0.1, 0.15) is 0 Å². The molecule has 0 bridgehead atoms. The first-order valence-corrected chi connectivity index (χ1v) is 13.5. The number of carbonyl (C=O) groups is 1. The maximum atomic E-state index is 10.9. The molecule has 4 heteroatoms. The van der Waals surface area contributed by atoms with E-state index < -0.39 is 5.97 Å². The van der Waals surface area contributed by atoms with Crippen molar-refractivity contribution in [3.05, 3.63) is 42.0 Å². The van der Waals surface area contributed by atoms with Crippen LogP contribution in [-0.4, -0.2) is 12.6 Å². The Morgan fingerprint density at radius 1 is 1.47 bits per heavy atom. The van der Waals surface area contributed by atoms with E-state index in [4.69, 9.17) is 0 Å². The molecule has 76 valence electrons. The number of carbonyl (C=O) groups excluding carboxylic acids is 1. The first-order chi connectivity index (χ1) is 7.33. The van der Waals surface area contributed by atoms with Crippen molar-refractivity contribution in [1.82, 2.24) is 0 Å². The third-order valence-corrected chi connectivity index (χ3v) is 1.43. The SMILES string of the molecule is CCOC(=O)[C-]=Cc1ccccc1.[Zn+][I]. The number of esters is 1. The molecule has 0 heterocycles. The summed E-state index contributed by atoms with van der Waals surface area (Å²) in [5, 5.41) is 0.